The molecule has 0 bridgehead atoms. The van der Waals surface area contributed by atoms with Gasteiger partial charge in [0.1, 0.15) is 11.7 Å². The number of rotatable bonds is 6. The van der Waals surface area contributed by atoms with E-state index in [1.165, 1.54) is 11.0 Å². The number of benzene rings is 1. The molecule has 7 heteroatoms. The van der Waals surface area contributed by atoms with Gasteiger partial charge in [0.25, 0.3) is 0 Å². The summed E-state index contributed by atoms with van der Waals surface area (Å²) in [4.78, 5) is 28.8. The number of anilines is 1. The zero-order chi connectivity index (χ0) is 18.5. The lowest BCUT2D eigenvalue weighted by atomic mass is 10.1. The maximum atomic E-state index is 13.7. The lowest BCUT2D eigenvalue weighted by Gasteiger charge is -2.26. The van der Waals surface area contributed by atoms with Gasteiger partial charge in [0.15, 0.2) is 0 Å². The average Bonchev–Trinajstić information content (AvgIpc) is 3.03. The van der Waals surface area contributed by atoms with Crippen LogP contribution in [0.5, 0.6) is 0 Å². The number of carbonyl (C=O) groups is 2. The number of carbonyl (C=O) groups excluding carboxylic acids is 2. The summed E-state index contributed by atoms with van der Waals surface area (Å²) in [5.41, 5.74) is 0.991. The van der Waals surface area contributed by atoms with E-state index in [0.717, 1.165) is 39.3 Å². The summed E-state index contributed by atoms with van der Waals surface area (Å²) in [6.45, 7) is 6.94. The average molecular weight is 363 g/mol. The largest absolute Gasteiger partial charge is 0.379 e. The van der Waals surface area contributed by atoms with Crippen LogP contribution in [0.15, 0.2) is 18.2 Å². The molecule has 6 nitrogen and oxygen atoms in total. The Bertz CT molecular complexity index is 661. The van der Waals surface area contributed by atoms with Gasteiger partial charge in [-0.1, -0.05) is 6.07 Å². The second-order valence-electron chi connectivity index (χ2n) is 6.81. The standard InChI is InChI=1S/C19H26FN3O3/c1-14-16(20)4-2-5-17(14)23-9-6-15(19(23)25)18(24)21-7-3-8-22-10-12-26-13-11-22/h2,4-5,15H,3,6-13H2,1H3,(H,21,24). The van der Waals surface area contributed by atoms with Crippen LogP contribution in [0.3, 0.4) is 0 Å². The maximum absolute atomic E-state index is 13.7. The van der Waals surface area contributed by atoms with E-state index in [9.17, 15) is 14.0 Å². The zero-order valence-electron chi connectivity index (χ0n) is 15.2. The molecule has 0 spiro atoms. The fraction of sp³-hybridized carbons (Fsp3) is 0.579. The molecule has 26 heavy (non-hydrogen) atoms. The monoisotopic (exact) mass is 363 g/mol. The van der Waals surface area contributed by atoms with Gasteiger partial charge in [-0.25, -0.2) is 4.39 Å². The van der Waals surface area contributed by atoms with E-state index in [2.05, 4.69) is 10.2 Å². The molecule has 1 aromatic carbocycles. The topological polar surface area (TPSA) is 61.9 Å². The Morgan fingerprint density at radius 1 is 1.31 bits per heavy atom. The number of amides is 2. The first kappa shape index (κ1) is 18.8. The van der Waals surface area contributed by atoms with Crippen molar-refractivity contribution in [2.24, 2.45) is 5.92 Å². The molecular formula is C19H26FN3O3. The molecule has 0 aromatic heterocycles. The molecule has 0 aliphatic carbocycles. The Balaban J connectivity index is 1.48. The number of morpholine rings is 1. The second-order valence-corrected chi connectivity index (χ2v) is 6.81. The van der Waals surface area contributed by atoms with Crippen LogP contribution in [0.4, 0.5) is 10.1 Å². The van der Waals surface area contributed by atoms with E-state index in [4.69, 9.17) is 4.74 Å². The van der Waals surface area contributed by atoms with Crippen LogP contribution in [-0.2, 0) is 14.3 Å². The van der Waals surface area contributed by atoms with Gasteiger partial charge in [0.05, 0.1) is 13.2 Å². The Morgan fingerprint density at radius 2 is 2.08 bits per heavy atom. The number of hydrogen-bond acceptors (Lipinski definition) is 4. The summed E-state index contributed by atoms with van der Waals surface area (Å²) in [6, 6.07) is 4.68. The van der Waals surface area contributed by atoms with Gasteiger partial charge in [-0.05, 0) is 38.4 Å². The molecule has 2 heterocycles. The highest BCUT2D eigenvalue weighted by atomic mass is 19.1. The predicted octanol–water partition coefficient (Wildman–Crippen LogP) is 1.33. The number of hydrogen-bond donors (Lipinski definition) is 1. The second kappa shape index (κ2) is 8.60. The van der Waals surface area contributed by atoms with E-state index in [1.807, 2.05) is 0 Å². The van der Waals surface area contributed by atoms with Crippen molar-refractivity contribution in [3.8, 4) is 0 Å². The van der Waals surface area contributed by atoms with Crippen molar-refractivity contribution in [3.05, 3.63) is 29.6 Å². The van der Waals surface area contributed by atoms with Crippen LogP contribution in [0.25, 0.3) is 0 Å². The molecule has 0 radical (unpaired) electrons. The van der Waals surface area contributed by atoms with Gasteiger partial charge >= 0.3 is 0 Å². The molecule has 2 aliphatic rings. The van der Waals surface area contributed by atoms with Crippen LogP contribution in [0.2, 0.25) is 0 Å². The summed E-state index contributed by atoms with van der Waals surface area (Å²) in [5.74, 6) is -1.50. The fourth-order valence-electron chi connectivity index (χ4n) is 3.51. The van der Waals surface area contributed by atoms with Crippen molar-refractivity contribution in [2.75, 3.05) is 50.8 Å². The van der Waals surface area contributed by atoms with Crippen molar-refractivity contribution >= 4 is 17.5 Å². The van der Waals surface area contributed by atoms with Crippen molar-refractivity contribution < 1.29 is 18.7 Å². The minimum absolute atomic E-state index is 0.228. The van der Waals surface area contributed by atoms with Gasteiger partial charge in [-0.15, -0.1) is 0 Å². The van der Waals surface area contributed by atoms with E-state index in [1.54, 1.807) is 19.1 Å². The third-order valence-electron chi connectivity index (χ3n) is 5.11. The molecule has 1 aromatic rings. The Morgan fingerprint density at radius 3 is 2.85 bits per heavy atom. The van der Waals surface area contributed by atoms with E-state index >= 15 is 0 Å². The fourth-order valence-corrected chi connectivity index (χ4v) is 3.51. The molecule has 1 atom stereocenters. The molecule has 3 rings (SSSR count). The SMILES string of the molecule is Cc1c(F)cccc1N1CCC(C(=O)NCCCN2CCOCC2)C1=O. The summed E-state index contributed by atoms with van der Waals surface area (Å²) >= 11 is 0. The van der Waals surface area contributed by atoms with E-state index < -0.39 is 5.92 Å². The predicted molar refractivity (Wildman–Crippen MR) is 96.5 cm³/mol. The van der Waals surface area contributed by atoms with Crippen LogP contribution in [0.1, 0.15) is 18.4 Å². The lowest BCUT2D eigenvalue weighted by Crippen LogP contribution is -2.40. The summed E-state index contributed by atoms with van der Waals surface area (Å²) < 4.78 is 19.1. The summed E-state index contributed by atoms with van der Waals surface area (Å²) in [6.07, 6.45) is 1.31. The number of halogens is 1. The van der Waals surface area contributed by atoms with Gasteiger partial charge < -0.3 is 15.0 Å². The normalized spacial score (nSPS) is 21.2. The first-order valence-electron chi connectivity index (χ1n) is 9.22. The number of ether oxygens (including phenoxy) is 1. The van der Waals surface area contributed by atoms with Crippen molar-refractivity contribution in [1.29, 1.82) is 0 Å². The highest BCUT2D eigenvalue weighted by molar-refractivity contribution is 6.09. The van der Waals surface area contributed by atoms with E-state index in [0.29, 0.717) is 30.8 Å². The van der Waals surface area contributed by atoms with Crippen LogP contribution < -0.4 is 10.2 Å². The van der Waals surface area contributed by atoms with Crippen LogP contribution >= 0.6 is 0 Å². The third kappa shape index (κ3) is 4.22. The van der Waals surface area contributed by atoms with Crippen LogP contribution in [-0.4, -0.2) is 62.7 Å². The molecule has 2 aliphatic heterocycles. The first-order valence-corrected chi connectivity index (χ1v) is 9.22. The van der Waals surface area contributed by atoms with E-state index in [-0.39, 0.29) is 17.6 Å². The molecule has 2 fully saturated rings. The maximum Gasteiger partial charge on any atom is 0.239 e. The molecule has 0 saturated carbocycles. The molecule has 2 amide bonds. The van der Waals surface area contributed by atoms with Gasteiger partial charge in [-0.2, -0.15) is 0 Å². The highest BCUT2D eigenvalue weighted by Gasteiger charge is 2.38. The van der Waals surface area contributed by atoms with Gasteiger partial charge in [0, 0.05) is 37.4 Å². The molecule has 142 valence electrons. The lowest BCUT2D eigenvalue weighted by molar-refractivity contribution is -0.132. The summed E-state index contributed by atoms with van der Waals surface area (Å²) in [7, 11) is 0. The Labute approximate surface area is 153 Å². The molecule has 1 unspecified atom stereocenters. The number of nitrogens with zero attached hydrogens (tertiary/aromatic N) is 2. The Kier molecular flexibility index (Phi) is 6.21. The smallest absolute Gasteiger partial charge is 0.239 e. The first-order chi connectivity index (χ1) is 12.6. The quantitative estimate of drug-likeness (QED) is 0.612. The zero-order valence-corrected chi connectivity index (χ0v) is 15.2. The molecule has 2 saturated heterocycles. The molecule has 1 N–H and O–H groups in total. The Hall–Kier alpha value is -1.99. The third-order valence-corrected chi connectivity index (χ3v) is 5.11. The van der Waals surface area contributed by atoms with Crippen LogP contribution in [0, 0.1) is 18.7 Å². The molecular weight excluding hydrogens is 337 g/mol. The van der Waals surface area contributed by atoms with Crippen molar-refractivity contribution in [1.82, 2.24) is 10.2 Å². The minimum Gasteiger partial charge on any atom is -0.379 e. The minimum atomic E-state index is -0.680. The van der Waals surface area contributed by atoms with Gasteiger partial charge in [-0.3, -0.25) is 14.5 Å². The van der Waals surface area contributed by atoms with Crippen molar-refractivity contribution in [2.45, 2.75) is 19.8 Å². The van der Waals surface area contributed by atoms with Gasteiger partial charge in [0.2, 0.25) is 11.8 Å². The number of nitrogens with one attached hydrogen (secondary N) is 1. The van der Waals surface area contributed by atoms with Crippen molar-refractivity contribution in [3.63, 3.8) is 0 Å². The summed E-state index contributed by atoms with van der Waals surface area (Å²) in [5, 5.41) is 2.87. The highest BCUT2D eigenvalue weighted by Crippen LogP contribution is 2.29.